The van der Waals surface area contributed by atoms with Crippen LogP contribution in [0.25, 0.3) is 0 Å². The van der Waals surface area contributed by atoms with Crippen molar-refractivity contribution in [3.8, 4) is 0 Å². The Labute approximate surface area is 133 Å². The summed E-state index contributed by atoms with van der Waals surface area (Å²) >= 11 is 6.44. The van der Waals surface area contributed by atoms with Crippen LogP contribution in [0, 0.1) is 12.8 Å². The number of nitrogens with one attached hydrogen (secondary N) is 1. The predicted molar refractivity (Wildman–Crippen MR) is 88.7 cm³/mol. The fraction of sp³-hybridized carbons (Fsp3) is 0.812. The molecule has 1 aliphatic heterocycles. The number of aryl methyl sites for hydroxylation is 2. The fourth-order valence-electron chi connectivity index (χ4n) is 3.24. The largest absolute Gasteiger partial charge is 0.309 e. The lowest BCUT2D eigenvalue weighted by Gasteiger charge is -2.46. The highest BCUT2D eigenvalue weighted by Crippen LogP contribution is 2.27. The first-order valence-corrected chi connectivity index (χ1v) is 8.30. The molecule has 0 aliphatic carbocycles. The third-order valence-corrected chi connectivity index (χ3v) is 5.26. The first-order valence-electron chi connectivity index (χ1n) is 7.92. The molecule has 2 rings (SSSR count). The number of piperazine rings is 1. The SMILES string of the molecule is CCC(C)C1CNC(C)(C)CN1Cc1c(Cl)c(C)nn1C. The van der Waals surface area contributed by atoms with Crippen molar-refractivity contribution < 1.29 is 0 Å². The summed E-state index contributed by atoms with van der Waals surface area (Å²) in [5.74, 6) is 0.668. The first-order chi connectivity index (χ1) is 9.75. The molecule has 2 unspecified atom stereocenters. The summed E-state index contributed by atoms with van der Waals surface area (Å²) in [6.07, 6.45) is 1.20. The summed E-state index contributed by atoms with van der Waals surface area (Å²) in [4.78, 5) is 2.58. The minimum Gasteiger partial charge on any atom is -0.309 e. The standard InChI is InChI=1S/C16H29ClN4/c1-7-11(2)13-8-18-16(4,5)10-21(13)9-14-15(17)12(3)19-20(14)6/h11,13,18H,7-10H2,1-6H3. The lowest BCUT2D eigenvalue weighted by Crippen LogP contribution is -2.62. The molecule has 2 heterocycles. The number of hydrogen-bond acceptors (Lipinski definition) is 3. The molecule has 120 valence electrons. The Kier molecular flexibility index (Phi) is 5.01. The Morgan fingerprint density at radius 1 is 1.48 bits per heavy atom. The Morgan fingerprint density at radius 2 is 2.14 bits per heavy atom. The van der Waals surface area contributed by atoms with E-state index in [0.717, 1.165) is 36.0 Å². The van der Waals surface area contributed by atoms with Crippen LogP contribution in [0.4, 0.5) is 0 Å². The van der Waals surface area contributed by atoms with Gasteiger partial charge < -0.3 is 5.32 Å². The van der Waals surface area contributed by atoms with Gasteiger partial charge in [-0.25, -0.2) is 0 Å². The van der Waals surface area contributed by atoms with E-state index in [1.165, 1.54) is 6.42 Å². The zero-order valence-electron chi connectivity index (χ0n) is 14.2. The van der Waals surface area contributed by atoms with Gasteiger partial charge in [-0.3, -0.25) is 9.58 Å². The van der Waals surface area contributed by atoms with Gasteiger partial charge in [0.15, 0.2) is 0 Å². The van der Waals surface area contributed by atoms with Crippen molar-refractivity contribution in [2.45, 2.75) is 59.2 Å². The summed E-state index contributed by atoms with van der Waals surface area (Å²) < 4.78 is 1.93. The molecular formula is C16H29ClN4. The van der Waals surface area contributed by atoms with Crippen LogP contribution < -0.4 is 5.32 Å². The summed E-state index contributed by atoms with van der Waals surface area (Å²) in [5.41, 5.74) is 2.19. The quantitative estimate of drug-likeness (QED) is 0.928. The second-order valence-corrected chi connectivity index (χ2v) is 7.47. The maximum Gasteiger partial charge on any atom is 0.0860 e. The molecule has 0 spiro atoms. The van der Waals surface area contributed by atoms with Gasteiger partial charge in [0.25, 0.3) is 0 Å². The Balaban J connectivity index is 2.23. The van der Waals surface area contributed by atoms with Crippen molar-refractivity contribution in [3.05, 3.63) is 16.4 Å². The maximum atomic E-state index is 6.44. The maximum absolute atomic E-state index is 6.44. The van der Waals surface area contributed by atoms with Gasteiger partial charge in [0.2, 0.25) is 0 Å². The molecule has 0 bridgehead atoms. The van der Waals surface area contributed by atoms with Gasteiger partial charge in [-0.15, -0.1) is 0 Å². The van der Waals surface area contributed by atoms with Crippen LogP contribution in [0.2, 0.25) is 5.02 Å². The molecule has 1 aromatic rings. The molecule has 0 amide bonds. The van der Waals surface area contributed by atoms with Crippen molar-refractivity contribution >= 4 is 11.6 Å². The van der Waals surface area contributed by atoms with E-state index in [2.05, 4.69) is 43.0 Å². The number of rotatable bonds is 4. The van der Waals surface area contributed by atoms with Crippen molar-refractivity contribution in [2.75, 3.05) is 13.1 Å². The van der Waals surface area contributed by atoms with E-state index in [1.807, 2.05) is 18.7 Å². The Bertz CT molecular complexity index is 495. The van der Waals surface area contributed by atoms with Crippen molar-refractivity contribution in [1.82, 2.24) is 20.0 Å². The van der Waals surface area contributed by atoms with Gasteiger partial charge in [0.1, 0.15) is 0 Å². The van der Waals surface area contributed by atoms with Gasteiger partial charge in [-0.2, -0.15) is 5.10 Å². The smallest absolute Gasteiger partial charge is 0.0860 e. The first kappa shape index (κ1) is 16.8. The second kappa shape index (κ2) is 6.27. The Morgan fingerprint density at radius 3 is 2.67 bits per heavy atom. The average Bonchev–Trinajstić information content (AvgIpc) is 2.64. The lowest BCUT2D eigenvalue weighted by molar-refractivity contribution is 0.0552. The van der Waals surface area contributed by atoms with Gasteiger partial charge in [0, 0.05) is 38.3 Å². The van der Waals surface area contributed by atoms with E-state index in [4.69, 9.17) is 11.6 Å². The normalized spacial score (nSPS) is 24.2. The Hall–Kier alpha value is -0.580. The molecule has 1 saturated heterocycles. The lowest BCUT2D eigenvalue weighted by atomic mass is 9.90. The number of aromatic nitrogens is 2. The van der Waals surface area contributed by atoms with Crippen molar-refractivity contribution in [1.29, 1.82) is 0 Å². The van der Waals surface area contributed by atoms with Gasteiger partial charge in [-0.05, 0) is 26.7 Å². The molecule has 0 aromatic carbocycles. The summed E-state index contributed by atoms with van der Waals surface area (Å²) in [6, 6.07) is 0.550. The van der Waals surface area contributed by atoms with Gasteiger partial charge in [-0.1, -0.05) is 31.9 Å². The zero-order chi connectivity index (χ0) is 15.8. The number of halogens is 1. The number of hydrogen-bond donors (Lipinski definition) is 1. The van der Waals surface area contributed by atoms with Crippen LogP contribution in [0.1, 0.15) is 45.5 Å². The fourth-order valence-corrected chi connectivity index (χ4v) is 3.46. The number of nitrogens with zero attached hydrogens (tertiary/aromatic N) is 3. The van der Waals surface area contributed by atoms with Crippen LogP contribution in [0.15, 0.2) is 0 Å². The van der Waals surface area contributed by atoms with Gasteiger partial charge >= 0.3 is 0 Å². The highest BCUT2D eigenvalue weighted by atomic mass is 35.5. The molecule has 21 heavy (non-hydrogen) atoms. The van der Waals surface area contributed by atoms with Crippen molar-refractivity contribution in [2.24, 2.45) is 13.0 Å². The highest BCUT2D eigenvalue weighted by Gasteiger charge is 2.35. The predicted octanol–water partition coefficient (Wildman–Crippen LogP) is 2.98. The van der Waals surface area contributed by atoms with Crippen LogP contribution in [-0.2, 0) is 13.6 Å². The topological polar surface area (TPSA) is 33.1 Å². The van der Waals surface area contributed by atoms with Crippen LogP contribution in [0.5, 0.6) is 0 Å². The molecule has 1 aromatic heterocycles. The van der Waals surface area contributed by atoms with E-state index < -0.39 is 0 Å². The molecule has 1 aliphatic rings. The summed E-state index contributed by atoms with van der Waals surface area (Å²) in [5, 5.41) is 8.94. The molecule has 0 radical (unpaired) electrons. The average molecular weight is 313 g/mol. The zero-order valence-corrected chi connectivity index (χ0v) is 15.0. The third-order valence-electron chi connectivity index (χ3n) is 4.77. The molecule has 0 saturated carbocycles. The minimum atomic E-state index is 0.143. The van der Waals surface area contributed by atoms with Crippen LogP contribution in [-0.4, -0.2) is 39.4 Å². The monoisotopic (exact) mass is 312 g/mol. The third kappa shape index (κ3) is 3.61. The van der Waals surface area contributed by atoms with Gasteiger partial charge in [0.05, 0.1) is 16.4 Å². The molecular weight excluding hydrogens is 284 g/mol. The highest BCUT2D eigenvalue weighted by molar-refractivity contribution is 6.31. The van der Waals surface area contributed by atoms with Crippen LogP contribution >= 0.6 is 11.6 Å². The van der Waals surface area contributed by atoms with E-state index in [1.54, 1.807) is 0 Å². The van der Waals surface area contributed by atoms with E-state index in [0.29, 0.717) is 12.0 Å². The molecule has 5 heteroatoms. The minimum absolute atomic E-state index is 0.143. The molecule has 2 atom stereocenters. The summed E-state index contributed by atoms with van der Waals surface area (Å²) in [6.45, 7) is 14.1. The van der Waals surface area contributed by atoms with E-state index in [9.17, 15) is 0 Å². The molecule has 4 nitrogen and oxygen atoms in total. The molecule has 1 fully saturated rings. The molecule has 1 N–H and O–H groups in total. The van der Waals surface area contributed by atoms with Crippen molar-refractivity contribution in [3.63, 3.8) is 0 Å². The van der Waals surface area contributed by atoms with E-state index in [-0.39, 0.29) is 5.54 Å². The summed E-state index contributed by atoms with van der Waals surface area (Å²) in [7, 11) is 1.99. The second-order valence-electron chi connectivity index (χ2n) is 7.09. The van der Waals surface area contributed by atoms with Crippen LogP contribution in [0.3, 0.4) is 0 Å². The van der Waals surface area contributed by atoms with E-state index >= 15 is 0 Å².